The topological polar surface area (TPSA) is 38.1 Å². The van der Waals surface area contributed by atoms with Crippen LogP contribution in [0.25, 0.3) is 0 Å². The summed E-state index contributed by atoms with van der Waals surface area (Å²) in [6.45, 7) is -2.48. The third-order valence-corrected chi connectivity index (χ3v) is 2.64. The molecule has 0 radical (unpaired) electrons. The van der Waals surface area contributed by atoms with Gasteiger partial charge in [0.2, 0.25) is 5.91 Å². The second-order valence-corrected chi connectivity index (χ2v) is 4.00. The summed E-state index contributed by atoms with van der Waals surface area (Å²) in [5, 5.41) is 0. The Bertz CT molecular complexity index is 387. The quantitative estimate of drug-likeness (QED) is 0.787. The number of alkyl halides is 2. The minimum absolute atomic E-state index is 0.0174. The lowest BCUT2D eigenvalue weighted by molar-refractivity contribution is -0.132. The Morgan fingerprint density at radius 2 is 2.38 bits per heavy atom. The Morgan fingerprint density at radius 1 is 1.69 bits per heavy atom. The average molecular weight is 229 g/mol. The van der Waals surface area contributed by atoms with Crippen molar-refractivity contribution in [3.05, 3.63) is 18.2 Å². The Balaban J connectivity index is 2.02. The van der Waals surface area contributed by atoms with Gasteiger partial charge in [0.15, 0.2) is 0 Å². The van der Waals surface area contributed by atoms with Gasteiger partial charge in [0.1, 0.15) is 5.82 Å². The van der Waals surface area contributed by atoms with Crippen molar-refractivity contribution in [1.29, 1.82) is 0 Å². The van der Waals surface area contributed by atoms with Crippen LogP contribution in [-0.4, -0.2) is 27.4 Å². The van der Waals surface area contributed by atoms with E-state index in [0.717, 1.165) is 17.4 Å². The van der Waals surface area contributed by atoms with Crippen molar-refractivity contribution in [2.24, 2.45) is 5.92 Å². The van der Waals surface area contributed by atoms with E-state index >= 15 is 0 Å². The Kier molecular flexibility index (Phi) is 2.89. The number of carbonyl (C=O) groups is 1. The van der Waals surface area contributed by atoms with E-state index in [2.05, 4.69) is 4.98 Å². The van der Waals surface area contributed by atoms with Gasteiger partial charge in [-0.15, -0.1) is 0 Å². The summed E-state index contributed by atoms with van der Waals surface area (Å²) in [7, 11) is 1.62. The van der Waals surface area contributed by atoms with Crippen molar-refractivity contribution in [3.63, 3.8) is 0 Å². The van der Waals surface area contributed by atoms with Gasteiger partial charge in [-0.25, -0.2) is 4.98 Å². The number of imidazole rings is 1. The standard InChI is InChI=1S/C10H13F2N3O/c1-14(9(16)7-2-3-7)6-8-13-4-5-15(8)10(11)12/h4-5,7,10H,2-3,6H2,1H3. The van der Waals surface area contributed by atoms with Crippen LogP contribution < -0.4 is 0 Å². The fourth-order valence-corrected chi connectivity index (χ4v) is 1.58. The lowest BCUT2D eigenvalue weighted by Crippen LogP contribution is -2.29. The molecule has 1 heterocycles. The number of rotatable bonds is 4. The molecule has 0 saturated heterocycles. The van der Waals surface area contributed by atoms with E-state index in [0.29, 0.717) is 0 Å². The lowest BCUT2D eigenvalue weighted by Gasteiger charge is -2.17. The molecule has 1 aliphatic rings. The maximum atomic E-state index is 12.5. The number of nitrogens with zero attached hydrogens (tertiary/aromatic N) is 3. The average Bonchev–Trinajstić information content (AvgIpc) is 2.97. The van der Waals surface area contributed by atoms with Crippen molar-refractivity contribution in [2.45, 2.75) is 25.9 Å². The molecular formula is C10H13F2N3O. The maximum absolute atomic E-state index is 12.5. The molecule has 1 fully saturated rings. The smallest absolute Gasteiger partial charge is 0.319 e. The summed E-state index contributed by atoms with van der Waals surface area (Å²) in [4.78, 5) is 16.9. The van der Waals surface area contributed by atoms with Crippen LogP contribution >= 0.6 is 0 Å². The molecule has 16 heavy (non-hydrogen) atoms. The van der Waals surface area contributed by atoms with Crippen molar-refractivity contribution in [2.75, 3.05) is 7.05 Å². The second-order valence-electron chi connectivity index (χ2n) is 4.00. The number of hydrogen-bond acceptors (Lipinski definition) is 2. The van der Waals surface area contributed by atoms with Crippen LogP contribution in [0.3, 0.4) is 0 Å². The zero-order valence-electron chi connectivity index (χ0n) is 8.94. The van der Waals surface area contributed by atoms with E-state index < -0.39 is 6.55 Å². The van der Waals surface area contributed by atoms with Gasteiger partial charge in [-0.1, -0.05) is 0 Å². The van der Waals surface area contributed by atoms with Crippen LogP contribution in [0.15, 0.2) is 12.4 Å². The van der Waals surface area contributed by atoms with Crippen LogP contribution in [-0.2, 0) is 11.3 Å². The summed E-state index contributed by atoms with van der Waals surface area (Å²) in [5.74, 6) is 0.329. The molecule has 0 unspecified atom stereocenters. The number of halogens is 2. The van der Waals surface area contributed by atoms with Crippen molar-refractivity contribution >= 4 is 5.91 Å². The van der Waals surface area contributed by atoms with Gasteiger partial charge in [-0.3, -0.25) is 9.36 Å². The highest BCUT2D eigenvalue weighted by Gasteiger charge is 2.32. The number of carbonyl (C=O) groups excluding carboxylic acids is 1. The van der Waals surface area contributed by atoms with E-state index in [4.69, 9.17) is 0 Å². The third-order valence-electron chi connectivity index (χ3n) is 2.64. The minimum Gasteiger partial charge on any atom is -0.338 e. The maximum Gasteiger partial charge on any atom is 0.319 e. The first kappa shape index (κ1) is 11.0. The van der Waals surface area contributed by atoms with E-state index in [1.165, 1.54) is 17.3 Å². The zero-order chi connectivity index (χ0) is 11.7. The summed E-state index contributed by atoms with van der Waals surface area (Å²) >= 11 is 0. The minimum atomic E-state index is -2.61. The van der Waals surface area contributed by atoms with Gasteiger partial charge < -0.3 is 4.90 Å². The van der Waals surface area contributed by atoms with Crippen molar-refractivity contribution in [3.8, 4) is 0 Å². The van der Waals surface area contributed by atoms with Crippen molar-refractivity contribution in [1.82, 2.24) is 14.5 Å². The zero-order valence-corrected chi connectivity index (χ0v) is 8.94. The van der Waals surface area contributed by atoms with Gasteiger partial charge in [0, 0.05) is 25.4 Å². The molecule has 0 bridgehead atoms. The van der Waals surface area contributed by atoms with Crippen LogP contribution in [0.1, 0.15) is 25.2 Å². The third kappa shape index (κ3) is 2.20. The first-order valence-electron chi connectivity index (χ1n) is 5.14. The van der Waals surface area contributed by atoms with Gasteiger partial charge in [0.05, 0.1) is 6.54 Å². The fraction of sp³-hybridized carbons (Fsp3) is 0.600. The molecule has 88 valence electrons. The molecule has 0 spiro atoms. The summed E-state index contributed by atoms with van der Waals surface area (Å²) in [6.07, 6.45) is 4.35. The molecule has 0 atom stereocenters. The van der Waals surface area contributed by atoms with E-state index in [9.17, 15) is 13.6 Å². The highest BCUT2D eigenvalue weighted by Crippen LogP contribution is 2.31. The predicted octanol–water partition coefficient (Wildman–Crippen LogP) is 1.65. The van der Waals surface area contributed by atoms with Gasteiger partial charge >= 0.3 is 6.55 Å². The molecule has 1 aromatic rings. The van der Waals surface area contributed by atoms with Gasteiger partial charge in [-0.05, 0) is 12.8 Å². The normalized spacial score (nSPS) is 15.5. The van der Waals surface area contributed by atoms with Crippen molar-refractivity contribution < 1.29 is 13.6 Å². The SMILES string of the molecule is CN(Cc1nccn1C(F)F)C(=O)C1CC1. The molecule has 0 aromatic carbocycles. The van der Waals surface area contributed by atoms with E-state index in [1.807, 2.05) is 0 Å². The molecule has 1 saturated carbocycles. The molecule has 0 N–H and O–H groups in total. The van der Waals surface area contributed by atoms with E-state index in [-0.39, 0.29) is 24.2 Å². The van der Waals surface area contributed by atoms with E-state index in [1.54, 1.807) is 7.05 Å². The Hall–Kier alpha value is -1.46. The number of hydrogen-bond donors (Lipinski definition) is 0. The molecule has 0 aliphatic heterocycles. The fourth-order valence-electron chi connectivity index (χ4n) is 1.58. The highest BCUT2D eigenvalue weighted by atomic mass is 19.3. The first-order valence-corrected chi connectivity index (χ1v) is 5.14. The summed E-state index contributed by atoms with van der Waals surface area (Å²) < 4.78 is 25.8. The van der Waals surface area contributed by atoms with Gasteiger partial charge in [0.25, 0.3) is 0 Å². The van der Waals surface area contributed by atoms with Crippen LogP contribution in [0.5, 0.6) is 0 Å². The van der Waals surface area contributed by atoms with Crippen LogP contribution in [0.2, 0.25) is 0 Å². The van der Waals surface area contributed by atoms with Gasteiger partial charge in [-0.2, -0.15) is 8.78 Å². The lowest BCUT2D eigenvalue weighted by atomic mass is 10.3. The Morgan fingerprint density at radius 3 is 2.94 bits per heavy atom. The largest absolute Gasteiger partial charge is 0.338 e. The predicted molar refractivity (Wildman–Crippen MR) is 52.7 cm³/mol. The summed E-state index contributed by atoms with van der Waals surface area (Å²) in [5.41, 5.74) is 0. The molecule has 6 heteroatoms. The van der Waals surface area contributed by atoms with Crippen LogP contribution in [0, 0.1) is 5.92 Å². The molecular weight excluding hydrogens is 216 g/mol. The second kappa shape index (κ2) is 4.19. The molecule has 4 nitrogen and oxygen atoms in total. The monoisotopic (exact) mass is 229 g/mol. The molecule has 1 aliphatic carbocycles. The number of amides is 1. The van der Waals surface area contributed by atoms with Crippen LogP contribution in [0.4, 0.5) is 8.78 Å². The Labute approximate surface area is 91.9 Å². The first-order chi connectivity index (χ1) is 7.59. The highest BCUT2D eigenvalue weighted by molar-refractivity contribution is 5.80. The number of aromatic nitrogens is 2. The molecule has 2 rings (SSSR count). The molecule has 1 amide bonds. The summed E-state index contributed by atoms with van der Waals surface area (Å²) in [6, 6.07) is 0. The molecule has 1 aromatic heterocycles.